The van der Waals surface area contributed by atoms with Crippen LogP contribution in [0.5, 0.6) is 0 Å². The van der Waals surface area contributed by atoms with Gasteiger partial charge in [0.2, 0.25) is 0 Å². The molecular formula is C12H10ClFN2O2. The summed E-state index contributed by atoms with van der Waals surface area (Å²) in [6, 6.07) is 5.42. The van der Waals surface area contributed by atoms with Gasteiger partial charge in [0, 0.05) is 6.20 Å². The van der Waals surface area contributed by atoms with Crippen LogP contribution in [0.1, 0.15) is 6.92 Å². The molecular weight excluding hydrogens is 259 g/mol. The summed E-state index contributed by atoms with van der Waals surface area (Å²) in [5.41, 5.74) is 0.187. The molecule has 0 bridgehead atoms. The minimum atomic E-state index is -0.731. The molecule has 0 aliphatic carbocycles. The van der Waals surface area contributed by atoms with E-state index in [1.54, 1.807) is 13.0 Å². The molecule has 0 fully saturated rings. The van der Waals surface area contributed by atoms with Gasteiger partial charge in [-0.3, -0.25) is 0 Å². The zero-order valence-electron chi connectivity index (χ0n) is 9.54. The number of rotatable bonds is 4. The fourth-order valence-electron chi connectivity index (χ4n) is 1.10. The fourth-order valence-corrected chi connectivity index (χ4v) is 1.32. The Balaban J connectivity index is 2.84. The summed E-state index contributed by atoms with van der Waals surface area (Å²) in [6.07, 6.45) is 1.16. The summed E-state index contributed by atoms with van der Waals surface area (Å²) in [6.45, 7) is 1.81. The second-order valence-corrected chi connectivity index (χ2v) is 3.57. The summed E-state index contributed by atoms with van der Waals surface area (Å²) < 4.78 is 17.5. The van der Waals surface area contributed by atoms with Crippen molar-refractivity contribution in [1.82, 2.24) is 0 Å². The maximum Gasteiger partial charge on any atom is 0.350 e. The van der Waals surface area contributed by atoms with Gasteiger partial charge in [-0.15, -0.1) is 0 Å². The molecule has 0 aromatic heterocycles. The Bertz CT molecular complexity index is 523. The lowest BCUT2D eigenvalue weighted by molar-refractivity contribution is -0.138. The molecule has 0 radical (unpaired) electrons. The zero-order valence-corrected chi connectivity index (χ0v) is 10.3. The molecule has 0 atom stereocenters. The van der Waals surface area contributed by atoms with Gasteiger partial charge in [-0.25, -0.2) is 9.18 Å². The van der Waals surface area contributed by atoms with E-state index in [0.29, 0.717) is 5.69 Å². The number of nitrogens with zero attached hydrogens (tertiary/aromatic N) is 1. The second-order valence-electron chi connectivity index (χ2n) is 3.16. The van der Waals surface area contributed by atoms with E-state index in [0.717, 1.165) is 12.3 Å². The van der Waals surface area contributed by atoms with Crippen LogP contribution in [0.15, 0.2) is 30.0 Å². The highest BCUT2D eigenvalue weighted by Gasteiger charge is 2.09. The van der Waals surface area contributed by atoms with Crippen LogP contribution < -0.4 is 5.32 Å². The van der Waals surface area contributed by atoms with Crippen molar-refractivity contribution in [2.75, 3.05) is 11.9 Å². The third kappa shape index (κ3) is 3.75. The highest BCUT2D eigenvalue weighted by molar-refractivity contribution is 6.33. The number of hydrogen-bond acceptors (Lipinski definition) is 4. The topological polar surface area (TPSA) is 62.1 Å². The highest BCUT2D eigenvalue weighted by Crippen LogP contribution is 2.22. The van der Waals surface area contributed by atoms with Crippen molar-refractivity contribution in [3.63, 3.8) is 0 Å². The molecule has 0 saturated heterocycles. The first-order valence-corrected chi connectivity index (χ1v) is 5.45. The molecule has 1 aromatic carbocycles. The molecule has 0 spiro atoms. The van der Waals surface area contributed by atoms with E-state index in [-0.39, 0.29) is 17.2 Å². The molecule has 0 aliphatic rings. The van der Waals surface area contributed by atoms with Gasteiger partial charge < -0.3 is 10.1 Å². The van der Waals surface area contributed by atoms with Crippen LogP contribution >= 0.6 is 11.6 Å². The Hall–Kier alpha value is -2.06. The predicted molar refractivity (Wildman–Crippen MR) is 65.4 cm³/mol. The molecule has 0 amide bonds. The quantitative estimate of drug-likeness (QED) is 0.518. The lowest BCUT2D eigenvalue weighted by Gasteiger charge is -2.04. The van der Waals surface area contributed by atoms with E-state index in [1.165, 1.54) is 12.1 Å². The van der Waals surface area contributed by atoms with Crippen molar-refractivity contribution >= 4 is 23.3 Å². The summed E-state index contributed by atoms with van der Waals surface area (Å²) >= 11 is 5.77. The Morgan fingerprint density at radius 3 is 2.94 bits per heavy atom. The minimum absolute atomic E-state index is 0.146. The van der Waals surface area contributed by atoms with E-state index < -0.39 is 11.8 Å². The van der Waals surface area contributed by atoms with Gasteiger partial charge in [-0.2, -0.15) is 5.26 Å². The molecule has 0 heterocycles. The molecule has 0 saturated carbocycles. The van der Waals surface area contributed by atoms with Crippen LogP contribution in [0.4, 0.5) is 10.1 Å². The van der Waals surface area contributed by atoms with Crippen LogP contribution in [0.3, 0.4) is 0 Å². The van der Waals surface area contributed by atoms with Crippen molar-refractivity contribution in [2.24, 2.45) is 0 Å². The van der Waals surface area contributed by atoms with Crippen molar-refractivity contribution in [2.45, 2.75) is 6.92 Å². The molecule has 94 valence electrons. The maximum atomic E-state index is 12.8. The molecule has 1 N–H and O–H groups in total. The van der Waals surface area contributed by atoms with Crippen LogP contribution in [0, 0.1) is 17.1 Å². The molecule has 18 heavy (non-hydrogen) atoms. The summed E-state index contributed by atoms with van der Waals surface area (Å²) in [5.74, 6) is -1.20. The smallest absolute Gasteiger partial charge is 0.350 e. The van der Waals surface area contributed by atoms with Crippen molar-refractivity contribution < 1.29 is 13.9 Å². The van der Waals surface area contributed by atoms with Crippen LogP contribution in [0.25, 0.3) is 0 Å². The van der Waals surface area contributed by atoms with E-state index in [2.05, 4.69) is 10.1 Å². The summed E-state index contributed by atoms with van der Waals surface area (Å²) in [7, 11) is 0. The lowest BCUT2D eigenvalue weighted by Crippen LogP contribution is -2.08. The number of benzene rings is 1. The van der Waals surface area contributed by atoms with E-state index in [1.807, 2.05) is 0 Å². The monoisotopic (exact) mass is 268 g/mol. The number of halogens is 2. The average molecular weight is 269 g/mol. The normalized spacial score (nSPS) is 10.7. The first-order chi connectivity index (χ1) is 8.58. The van der Waals surface area contributed by atoms with Gasteiger partial charge in [0.25, 0.3) is 0 Å². The number of ether oxygens (including phenoxy) is 1. The Kier molecular flexibility index (Phi) is 5.15. The van der Waals surface area contributed by atoms with Crippen LogP contribution in [0.2, 0.25) is 5.02 Å². The lowest BCUT2D eigenvalue weighted by atomic mass is 10.3. The van der Waals surface area contributed by atoms with Gasteiger partial charge in [-0.1, -0.05) is 11.6 Å². The Morgan fingerprint density at radius 2 is 2.39 bits per heavy atom. The van der Waals surface area contributed by atoms with Crippen molar-refractivity contribution in [3.05, 3.63) is 40.8 Å². The number of anilines is 1. The van der Waals surface area contributed by atoms with Gasteiger partial charge in [0.1, 0.15) is 11.9 Å². The van der Waals surface area contributed by atoms with E-state index in [9.17, 15) is 9.18 Å². The van der Waals surface area contributed by atoms with E-state index in [4.69, 9.17) is 16.9 Å². The Morgan fingerprint density at radius 1 is 1.67 bits per heavy atom. The number of carbonyl (C=O) groups is 1. The Labute approximate surface area is 109 Å². The third-order valence-corrected chi connectivity index (χ3v) is 2.23. The SMILES string of the molecule is CCOC(=O)/C(C#N)=C\Nc1ccc(F)cc1Cl. The second kappa shape index (κ2) is 6.62. The standard InChI is InChI=1S/C12H10ClFN2O2/c1-2-18-12(17)8(6-15)7-16-11-4-3-9(14)5-10(11)13/h3-5,7,16H,2H2,1H3/b8-7-. The fraction of sp³-hybridized carbons (Fsp3) is 0.167. The predicted octanol–water partition coefficient (Wildman–Crippen LogP) is 2.86. The molecule has 1 aromatic rings. The first kappa shape index (κ1) is 14.0. The van der Waals surface area contributed by atoms with Crippen LogP contribution in [-0.2, 0) is 9.53 Å². The molecule has 1 rings (SSSR count). The van der Waals surface area contributed by atoms with Gasteiger partial charge in [0.05, 0.1) is 17.3 Å². The summed E-state index contributed by atoms with van der Waals surface area (Å²) in [5, 5.41) is 11.6. The minimum Gasteiger partial charge on any atom is -0.462 e. The summed E-state index contributed by atoms with van der Waals surface area (Å²) in [4.78, 5) is 11.3. The number of nitriles is 1. The number of carbonyl (C=O) groups excluding carboxylic acids is 1. The number of hydrogen-bond donors (Lipinski definition) is 1. The maximum absolute atomic E-state index is 12.8. The molecule has 4 nitrogen and oxygen atoms in total. The van der Waals surface area contributed by atoms with Gasteiger partial charge >= 0.3 is 5.97 Å². The van der Waals surface area contributed by atoms with Crippen LogP contribution in [-0.4, -0.2) is 12.6 Å². The van der Waals surface area contributed by atoms with E-state index >= 15 is 0 Å². The number of nitrogens with one attached hydrogen (secondary N) is 1. The molecule has 0 aliphatic heterocycles. The third-order valence-electron chi connectivity index (χ3n) is 1.92. The van der Waals surface area contributed by atoms with Gasteiger partial charge in [-0.05, 0) is 25.1 Å². The average Bonchev–Trinajstić information content (AvgIpc) is 2.32. The molecule has 6 heteroatoms. The highest BCUT2D eigenvalue weighted by atomic mass is 35.5. The molecule has 0 unspecified atom stereocenters. The zero-order chi connectivity index (χ0) is 13.5. The van der Waals surface area contributed by atoms with Gasteiger partial charge in [0.15, 0.2) is 5.57 Å². The largest absolute Gasteiger partial charge is 0.462 e. The van der Waals surface area contributed by atoms with Crippen molar-refractivity contribution in [1.29, 1.82) is 5.26 Å². The first-order valence-electron chi connectivity index (χ1n) is 5.07. The van der Waals surface area contributed by atoms with Crippen molar-refractivity contribution in [3.8, 4) is 6.07 Å². The number of esters is 1.